The van der Waals surface area contributed by atoms with Crippen LogP contribution in [0.1, 0.15) is 25.7 Å². The summed E-state index contributed by atoms with van der Waals surface area (Å²) in [6, 6.07) is 2.79. The van der Waals surface area contributed by atoms with Crippen molar-refractivity contribution in [1.29, 1.82) is 0 Å². The Hall–Kier alpha value is -1.20. The number of nitrogens with zero attached hydrogens (tertiary/aromatic N) is 3. The molecule has 2 aromatic rings. The van der Waals surface area contributed by atoms with Crippen LogP contribution in [0.15, 0.2) is 17.8 Å². The van der Waals surface area contributed by atoms with Crippen molar-refractivity contribution in [3.05, 3.63) is 17.8 Å². The maximum Gasteiger partial charge on any atom is 0.140 e. The average molecular weight is 288 g/mol. The largest absolute Gasteiger partial charge is 0.354 e. The van der Waals surface area contributed by atoms with Gasteiger partial charge in [0.1, 0.15) is 17.0 Å². The Labute approximate surface area is 123 Å². The van der Waals surface area contributed by atoms with Crippen molar-refractivity contribution >= 4 is 27.4 Å². The van der Waals surface area contributed by atoms with Gasteiger partial charge in [0.2, 0.25) is 0 Å². The van der Waals surface area contributed by atoms with Crippen molar-refractivity contribution in [3.63, 3.8) is 0 Å². The van der Waals surface area contributed by atoms with Gasteiger partial charge in [-0.15, -0.1) is 11.3 Å². The molecule has 2 fully saturated rings. The monoisotopic (exact) mass is 288 g/mol. The summed E-state index contributed by atoms with van der Waals surface area (Å²) in [7, 11) is 0. The van der Waals surface area contributed by atoms with Gasteiger partial charge in [-0.05, 0) is 49.6 Å². The van der Waals surface area contributed by atoms with Gasteiger partial charge in [0, 0.05) is 19.1 Å². The SMILES string of the molecule is c1nc(N(CC2CC2)CC2CCCN2)c2ccsc2n1. The average Bonchev–Trinajstić information content (AvgIpc) is 2.93. The van der Waals surface area contributed by atoms with Crippen LogP contribution >= 0.6 is 11.3 Å². The molecule has 106 valence electrons. The molecular formula is C15H20N4S. The van der Waals surface area contributed by atoms with Crippen LogP contribution < -0.4 is 10.2 Å². The lowest BCUT2D eigenvalue weighted by Gasteiger charge is -2.27. The summed E-state index contributed by atoms with van der Waals surface area (Å²) >= 11 is 1.70. The smallest absolute Gasteiger partial charge is 0.140 e. The van der Waals surface area contributed by atoms with E-state index >= 15 is 0 Å². The molecule has 2 aliphatic rings. The summed E-state index contributed by atoms with van der Waals surface area (Å²) in [4.78, 5) is 12.6. The number of aromatic nitrogens is 2. The minimum atomic E-state index is 0.623. The molecule has 2 aromatic heterocycles. The fraction of sp³-hybridized carbons (Fsp3) is 0.600. The van der Waals surface area contributed by atoms with Crippen molar-refractivity contribution < 1.29 is 0 Å². The molecule has 0 spiro atoms. The van der Waals surface area contributed by atoms with Crippen molar-refractivity contribution in [3.8, 4) is 0 Å². The molecule has 1 saturated heterocycles. The van der Waals surface area contributed by atoms with Crippen molar-refractivity contribution in [2.45, 2.75) is 31.7 Å². The fourth-order valence-corrected chi connectivity index (χ4v) is 3.79. The van der Waals surface area contributed by atoms with Gasteiger partial charge in [-0.25, -0.2) is 9.97 Å². The first-order valence-electron chi connectivity index (χ1n) is 7.56. The van der Waals surface area contributed by atoms with Crippen molar-refractivity contribution in [2.75, 3.05) is 24.5 Å². The first-order valence-corrected chi connectivity index (χ1v) is 8.44. The number of rotatable bonds is 5. The van der Waals surface area contributed by atoms with E-state index in [0.717, 1.165) is 29.7 Å². The van der Waals surface area contributed by atoms with Crippen LogP contribution in [0.25, 0.3) is 10.2 Å². The normalized spacial score (nSPS) is 22.5. The molecule has 0 amide bonds. The second-order valence-electron chi connectivity index (χ2n) is 5.98. The standard InChI is InChI=1S/C15H20N4S/c1-2-12(16-6-1)9-19(8-11-3-4-11)14-13-5-7-20-15(13)18-10-17-14/h5,7,10-12,16H,1-4,6,8-9H2. The number of hydrogen-bond donors (Lipinski definition) is 1. The third kappa shape index (κ3) is 2.52. The van der Waals surface area contributed by atoms with Crippen LogP contribution in [0, 0.1) is 5.92 Å². The van der Waals surface area contributed by atoms with Crippen LogP contribution in [-0.4, -0.2) is 35.6 Å². The molecule has 1 aliphatic heterocycles. The van der Waals surface area contributed by atoms with Gasteiger partial charge in [-0.3, -0.25) is 0 Å². The van der Waals surface area contributed by atoms with Gasteiger partial charge in [0.15, 0.2) is 0 Å². The molecule has 1 aliphatic carbocycles. The molecule has 1 unspecified atom stereocenters. The molecule has 0 radical (unpaired) electrons. The van der Waals surface area contributed by atoms with Crippen LogP contribution in [0.3, 0.4) is 0 Å². The van der Waals surface area contributed by atoms with E-state index in [-0.39, 0.29) is 0 Å². The number of hydrogen-bond acceptors (Lipinski definition) is 5. The number of thiophene rings is 1. The Morgan fingerprint density at radius 2 is 2.20 bits per heavy atom. The van der Waals surface area contributed by atoms with E-state index in [4.69, 9.17) is 0 Å². The van der Waals surface area contributed by atoms with E-state index in [1.54, 1.807) is 17.7 Å². The highest BCUT2D eigenvalue weighted by atomic mass is 32.1. The highest BCUT2D eigenvalue weighted by Gasteiger charge is 2.28. The predicted octanol–water partition coefficient (Wildman–Crippen LogP) is 2.66. The van der Waals surface area contributed by atoms with Crippen LogP contribution in [0.5, 0.6) is 0 Å². The van der Waals surface area contributed by atoms with E-state index in [1.807, 2.05) is 0 Å². The quantitative estimate of drug-likeness (QED) is 0.918. The molecule has 0 aromatic carbocycles. The zero-order chi connectivity index (χ0) is 13.4. The van der Waals surface area contributed by atoms with Crippen molar-refractivity contribution in [2.24, 2.45) is 5.92 Å². The molecule has 1 atom stereocenters. The minimum Gasteiger partial charge on any atom is -0.354 e. The van der Waals surface area contributed by atoms with E-state index in [0.29, 0.717) is 6.04 Å². The lowest BCUT2D eigenvalue weighted by molar-refractivity contribution is 0.568. The van der Waals surface area contributed by atoms with E-state index in [2.05, 4.69) is 31.6 Å². The van der Waals surface area contributed by atoms with E-state index < -0.39 is 0 Å². The lowest BCUT2D eigenvalue weighted by Crippen LogP contribution is -2.39. The molecule has 4 nitrogen and oxygen atoms in total. The highest BCUT2D eigenvalue weighted by molar-refractivity contribution is 7.16. The summed E-state index contributed by atoms with van der Waals surface area (Å²) in [5.41, 5.74) is 0. The third-order valence-electron chi connectivity index (χ3n) is 4.32. The lowest BCUT2D eigenvalue weighted by atomic mass is 10.2. The molecule has 3 heterocycles. The van der Waals surface area contributed by atoms with Crippen molar-refractivity contribution in [1.82, 2.24) is 15.3 Å². The molecular weight excluding hydrogens is 268 g/mol. The summed E-state index contributed by atoms with van der Waals surface area (Å²) in [5.74, 6) is 2.01. The summed E-state index contributed by atoms with van der Waals surface area (Å²) < 4.78 is 0. The second kappa shape index (κ2) is 5.30. The maximum absolute atomic E-state index is 4.60. The van der Waals surface area contributed by atoms with E-state index in [9.17, 15) is 0 Å². The molecule has 0 bridgehead atoms. The van der Waals surface area contributed by atoms with Gasteiger partial charge in [0.25, 0.3) is 0 Å². The predicted molar refractivity (Wildman–Crippen MR) is 83.4 cm³/mol. The van der Waals surface area contributed by atoms with Gasteiger partial charge in [-0.1, -0.05) is 0 Å². The number of fused-ring (bicyclic) bond motifs is 1. The topological polar surface area (TPSA) is 41.1 Å². The minimum absolute atomic E-state index is 0.623. The number of anilines is 1. The highest BCUT2D eigenvalue weighted by Crippen LogP contribution is 2.34. The molecule has 4 rings (SSSR count). The van der Waals surface area contributed by atoms with Crippen LogP contribution in [0.4, 0.5) is 5.82 Å². The molecule has 5 heteroatoms. The number of nitrogens with one attached hydrogen (secondary N) is 1. The summed E-state index contributed by atoms with van der Waals surface area (Å²) in [6.07, 6.45) is 7.08. The molecule has 1 N–H and O–H groups in total. The van der Waals surface area contributed by atoms with Gasteiger partial charge < -0.3 is 10.2 Å². The third-order valence-corrected chi connectivity index (χ3v) is 5.14. The Bertz CT molecular complexity index is 586. The summed E-state index contributed by atoms with van der Waals surface area (Å²) in [5, 5.41) is 6.95. The van der Waals surface area contributed by atoms with Crippen LogP contribution in [-0.2, 0) is 0 Å². The fourth-order valence-electron chi connectivity index (χ4n) is 3.07. The Kier molecular flexibility index (Phi) is 3.32. The Balaban J connectivity index is 1.63. The first-order chi connectivity index (χ1) is 9.90. The van der Waals surface area contributed by atoms with Gasteiger partial charge in [0.05, 0.1) is 5.39 Å². The Morgan fingerprint density at radius 1 is 1.25 bits per heavy atom. The Morgan fingerprint density at radius 3 is 3.00 bits per heavy atom. The first kappa shape index (κ1) is 12.5. The van der Waals surface area contributed by atoms with Gasteiger partial charge in [-0.2, -0.15) is 0 Å². The second-order valence-corrected chi connectivity index (χ2v) is 6.87. The molecule has 1 saturated carbocycles. The van der Waals surface area contributed by atoms with E-state index in [1.165, 1.54) is 37.6 Å². The zero-order valence-electron chi connectivity index (χ0n) is 11.6. The summed E-state index contributed by atoms with van der Waals surface area (Å²) in [6.45, 7) is 3.40. The molecule has 20 heavy (non-hydrogen) atoms. The maximum atomic E-state index is 4.60. The van der Waals surface area contributed by atoms with Gasteiger partial charge >= 0.3 is 0 Å². The zero-order valence-corrected chi connectivity index (χ0v) is 12.4. The van der Waals surface area contributed by atoms with Crippen LogP contribution in [0.2, 0.25) is 0 Å².